The average Bonchev–Trinajstić information content (AvgIpc) is 2.73. The lowest BCUT2D eigenvalue weighted by Crippen LogP contribution is -2.38. The number of rotatable bonds is 3. The van der Waals surface area contributed by atoms with Crippen LogP contribution in [0.3, 0.4) is 0 Å². The summed E-state index contributed by atoms with van der Waals surface area (Å²) in [5.41, 5.74) is 2.23. The minimum absolute atomic E-state index is 0.198. The highest BCUT2D eigenvalue weighted by Gasteiger charge is 2.47. The molecular formula is C16H19ClN2O2. The van der Waals surface area contributed by atoms with Crippen molar-refractivity contribution in [2.24, 2.45) is 0 Å². The van der Waals surface area contributed by atoms with Gasteiger partial charge in [0.15, 0.2) is 5.60 Å². The second-order valence-corrected chi connectivity index (χ2v) is 6.10. The van der Waals surface area contributed by atoms with E-state index < -0.39 is 5.60 Å². The second-order valence-electron chi connectivity index (χ2n) is 5.71. The first-order valence-corrected chi connectivity index (χ1v) is 7.77. The molecule has 0 unspecified atom stereocenters. The highest BCUT2D eigenvalue weighted by molar-refractivity contribution is 6.29. The molecule has 1 N–H and O–H groups in total. The van der Waals surface area contributed by atoms with Crippen LogP contribution in [0.5, 0.6) is 0 Å². The minimum atomic E-state index is -0.417. The molecule has 1 aliphatic carbocycles. The third-order valence-electron chi connectivity index (χ3n) is 4.37. The van der Waals surface area contributed by atoms with E-state index in [0.717, 1.165) is 42.5 Å². The maximum atomic E-state index is 12.3. The Morgan fingerprint density at radius 2 is 2.10 bits per heavy atom. The third kappa shape index (κ3) is 2.64. The molecule has 5 heteroatoms. The zero-order chi connectivity index (χ0) is 14.9. The van der Waals surface area contributed by atoms with Crippen molar-refractivity contribution in [1.82, 2.24) is 10.3 Å². The van der Waals surface area contributed by atoms with Crippen molar-refractivity contribution in [3.63, 3.8) is 0 Å². The standard InChI is InChI=1S/C16H19ClN2O2/c1-18-14-12(9-11-5-6-13(17)19-10-11)15(20)21-16(14)7-3-2-4-8-16/h5-6,10,18H,2-4,7-9H2,1H3. The van der Waals surface area contributed by atoms with E-state index >= 15 is 0 Å². The number of pyridine rings is 1. The number of carbonyl (C=O) groups excluding carboxylic acids is 1. The monoisotopic (exact) mass is 306 g/mol. The maximum Gasteiger partial charge on any atom is 0.337 e. The zero-order valence-corrected chi connectivity index (χ0v) is 12.9. The van der Waals surface area contributed by atoms with Crippen LogP contribution in [0.25, 0.3) is 0 Å². The molecule has 2 aliphatic rings. The first-order valence-electron chi connectivity index (χ1n) is 7.40. The molecular weight excluding hydrogens is 288 g/mol. The molecule has 0 bridgehead atoms. The summed E-state index contributed by atoms with van der Waals surface area (Å²) in [6, 6.07) is 3.64. The molecule has 21 heavy (non-hydrogen) atoms. The SMILES string of the molecule is CNC1=C(Cc2ccc(Cl)nc2)C(=O)OC12CCCCC2. The third-order valence-corrected chi connectivity index (χ3v) is 4.60. The highest BCUT2D eigenvalue weighted by Crippen LogP contribution is 2.43. The Morgan fingerprint density at radius 1 is 1.33 bits per heavy atom. The van der Waals surface area contributed by atoms with Crippen LogP contribution in [0.15, 0.2) is 29.6 Å². The van der Waals surface area contributed by atoms with E-state index in [1.165, 1.54) is 6.42 Å². The lowest BCUT2D eigenvalue weighted by atomic mass is 9.81. The van der Waals surface area contributed by atoms with Crippen LogP contribution < -0.4 is 5.32 Å². The van der Waals surface area contributed by atoms with Gasteiger partial charge >= 0.3 is 5.97 Å². The molecule has 2 heterocycles. The lowest BCUT2D eigenvalue weighted by molar-refractivity contribution is -0.149. The van der Waals surface area contributed by atoms with Crippen LogP contribution >= 0.6 is 11.6 Å². The largest absolute Gasteiger partial charge is 0.449 e. The smallest absolute Gasteiger partial charge is 0.337 e. The molecule has 4 nitrogen and oxygen atoms in total. The van der Waals surface area contributed by atoms with E-state index in [1.807, 2.05) is 13.1 Å². The molecule has 1 aliphatic heterocycles. The summed E-state index contributed by atoms with van der Waals surface area (Å²) in [5, 5.41) is 3.68. The molecule has 0 radical (unpaired) electrons. The van der Waals surface area contributed by atoms with Gasteiger partial charge in [-0.1, -0.05) is 24.1 Å². The Hall–Kier alpha value is -1.55. The summed E-state index contributed by atoms with van der Waals surface area (Å²) in [7, 11) is 1.87. The normalized spacial score (nSPS) is 20.8. The number of carbonyl (C=O) groups is 1. The van der Waals surface area contributed by atoms with E-state index in [1.54, 1.807) is 12.3 Å². The molecule has 3 rings (SSSR count). The van der Waals surface area contributed by atoms with E-state index in [0.29, 0.717) is 11.6 Å². The topological polar surface area (TPSA) is 51.2 Å². The van der Waals surface area contributed by atoms with Crippen molar-refractivity contribution >= 4 is 17.6 Å². The van der Waals surface area contributed by atoms with Gasteiger partial charge in [0.1, 0.15) is 5.15 Å². The van der Waals surface area contributed by atoms with Crippen molar-refractivity contribution < 1.29 is 9.53 Å². The first kappa shape index (κ1) is 14.4. The number of esters is 1. The lowest BCUT2D eigenvalue weighted by Gasteiger charge is -2.34. The van der Waals surface area contributed by atoms with Crippen LogP contribution in [-0.4, -0.2) is 23.6 Å². The number of hydrogen-bond donors (Lipinski definition) is 1. The number of ether oxygens (including phenoxy) is 1. The molecule has 1 aromatic heterocycles. The summed E-state index contributed by atoms with van der Waals surface area (Å²) in [4.78, 5) is 16.4. The minimum Gasteiger partial charge on any atom is -0.449 e. The summed E-state index contributed by atoms with van der Waals surface area (Å²) < 4.78 is 5.78. The Bertz CT molecular complexity index is 574. The molecule has 0 atom stereocenters. The van der Waals surface area contributed by atoms with Gasteiger partial charge in [0.05, 0.1) is 11.3 Å². The van der Waals surface area contributed by atoms with E-state index in [4.69, 9.17) is 16.3 Å². The quantitative estimate of drug-likeness (QED) is 0.689. The Morgan fingerprint density at radius 3 is 2.71 bits per heavy atom. The number of nitrogens with one attached hydrogen (secondary N) is 1. The molecule has 1 spiro atoms. The van der Waals surface area contributed by atoms with Gasteiger partial charge in [0.2, 0.25) is 0 Å². The summed E-state index contributed by atoms with van der Waals surface area (Å²) in [5.74, 6) is -0.198. The van der Waals surface area contributed by atoms with Crippen molar-refractivity contribution in [3.05, 3.63) is 40.3 Å². The number of halogens is 1. The zero-order valence-electron chi connectivity index (χ0n) is 12.1. The fourth-order valence-electron chi connectivity index (χ4n) is 3.40. The van der Waals surface area contributed by atoms with Gasteiger partial charge in [-0.15, -0.1) is 0 Å². The predicted octanol–water partition coefficient (Wildman–Crippen LogP) is 3.01. The fourth-order valence-corrected chi connectivity index (χ4v) is 3.51. The molecule has 0 amide bonds. The molecule has 1 aromatic rings. The van der Waals surface area contributed by atoms with Gasteiger partial charge in [-0.3, -0.25) is 0 Å². The van der Waals surface area contributed by atoms with Crippen LogP contribution in [-0.2, 0) is 16.0 Å². The Balaban J connectivity index is 1.91. The molecule has 0 saturated heterocycles. The van der Waals surface area contributed by atoms with Gasteiger partial charge in [-0.2, -0.15) is 0 Å². The fraction of sp³-hybridized carbons (Fsp3) is 0.500. The maximum absolute atomic E-state index is 12.3. The number of likely N-dealkylation sites (N-methyl/N-ethyl adjacent to an activating group) is 1. The van der Waals surface area contributed by atoms with E-state index in [2.05, 4.69) is 10.3 Å². The average molecular weight is 307 g/mol. The van der Waals surface area contributed by atoms with Gasteiger partial charge in [-0.05, 0) is 37.3 Å². The van der Waals surface area contributed by atoms with Gasteiger partial charge < -0.3 is 10.1 Å². The molecule has 1 fully saturated rings. The Kier molecular flexibility index (Phi) is 3.89. The van der Waals surface area contributed by atoms with Gasteiger partial charge in [-0.25, -0.2) is 9.78 Å². The Labute approximate surface area is 129 Å². The van der Waals surface area contributed by atoms with Crippen LogP contribution in [0.4, 0.5) is 0 Å². The number of nitrogens with zero attached hydrogens (tertiary/aromatic N) is 1. The predicted molar refractivity (Wildman–Crippen MR) is 80.9 cm³/mol. The first-order chi connectivity index (χ1) is 10.1. The summed E-state index contributed by atoms with van der Waals surface area (Å²) >= 11 is 5.80. The number of hydrogen-bond acceptors (Lipinski definition) is 4. The van der Waals surface area contributed by atoms with Crippen molar-refractivity contribution in [1.29, 1.82) is 0 Å². The van der Waals surface area contributed by atoms with Crippen molar-refractivity contribution in [2.75, 3.05) is 7.05 Å². The number of aromatic nitrogens is 1. The second kappa shape index (κ2) is 5.68. The summed E-state index contributed by atoms with van der Waals surface area (Å²) in [6.07, 6.45) is 7.49. The highest BCUT2D eigenvalue weighted by atomic mass is 35.5. The molecule has 0 aromatic carbocycles. The van der Waals surface area contributed by atoms with Gasteiger partial charge in [0.25, 0.3) is 0 Å². The van der Waals surface area contributed by atoms with E-state index in [9.17, 15) is 4.79 Å². The molecule has 112 valence electrons. The van der Waals surface area contributed by atoms with Crippen LogP contribution in [0.2, 0.25) is 5.15 Å². The van der Waals surface area contributed by atoms with Crippen molar-refractivity contribution in [2.45, 2.75) is 44.1 Å². The van der Waals surface area contributed by atoms with E-state index in [-0.39, 0.29) is 5.97 Å². The summed E-state index contributed by atoms with van der Waals surface area (Å²) in [6.45, 7) is 0. The molecule has 1 saturated carbocycles. The van der Waals surface area contributed by atoms with Crippen LogP contribution in [0, 0.1) is 0 Å². The van der Waals surface area contributed by atoms with Crippen molar-refractivity contribution in [3.8, 4) is 0 Å². The van der Waals surface area contributed by atoms with Gasteiger partial charge in [0, 0.05) is 19.7 Å². The van der Waals surface area contributed by atoms with Crippen LogP contribution in [0.1, 0.15) is 37.7 Å².